The monoisotopic (exact) mass is 321 g/mol. The van der Waals surface area contributed by atoms with Crippen LogP contribution in [0.2, 0.25) is 0 Å². The number of methoxy groups -OCH3 is 1. The Labute approximate surface area is 138 Å². The van der Waals surface area contributed by atoms with Crippen LogP contribution >= 0.6 is 0 Å². The number of hydrogen-bond donors (Lipinski definition) is 1. The van der Waals surface area contributed by atoms with E-state index in [-0.39, 0.29) is 6.61 Å². The first-order chi connectivity index (χ1) is 11.1. The first-order valence-corrected chi connectivity index (χ1v) is 8.37. The Morgan fingerprint density at radius 1 is 1.43 bits per heavy atom. The lowest BCUT2D eigenvalue weighted by Crippen LogP contribution is -2.44. The van der Waals surface area contributed by atoms with E-state index in [4.69, 9.17) is 9.47 Å². The standard InChI is InChI=1S/C18H27NO4/c1-3-15-8-4-5-10-19(15)12-16(20)13-23-17-9-6-7-14(11-17)18(21)22-2/h6-7,9,11,15-16,20H,3-5,8,10,12-13H2,1-2H3. The number of benzene rings is 1. The molecule has 0 saturated carbocycles. The van der Waals surface area contributed by atoms with Crippen molar-refractivity contribution in [2.45, 2.75) is 44.8 Å². The summed E-state index contributed by atoms with van der Waals surface area (Å²) in [7, 11) is 1.35. The highest BCUT2D eigenvalue weighted by molar-refractivity contribution is 5.89. The lowest BCUT2D eigenvalue weighted by Gasteiger charge is -2.36. The zero-order valence-corrected chi connectivity index (χ0v) is 14.0. The van der Waals surface area contributed by atoms with Gasteiger partial charge in [-0.3, -0.25) is 4.90 Å². The van der Waals surface area contributed by atoms with Crippen LogP contribution in [0.25, 0.3) is 0 Å². The molecule has 128 valence electrons. The highest BCUT2D eigenvalue weighted by atomic mass is 16.5. The van der Waals surface area contributed by atoms with Gasteiger partial charge in [-0.05, 0) is 44.0 Å². The number of carbonyl (C=O) groups is 1. The van der Waals surface area contributed by atoms with E-state index in [1.165, 1.54) is 26.4 Å². The molecule has 5 heteroatoms. The maximum atomic E-state index is 11.5. The Balaban J connectivity index is 1.84. The molecule has 1 aromatic carbocycles. The van der Waals surface area contributed by atoms with Crippen LogP contribution in [0.4, 0.5) is 0 Å². The van der Waals surface area contributed by atoms with E-state index in [2.05, 4.69) is 11.8 Å². The minimum Gasteiger partial charge on any atom is -0.491 e. The van der Waals surface area contributed by atoms with Crippen LogP contribution in [-0.2, 0) is 4.74 Å². The molecule has 1 N–H and O–H groups in total. The molecule has 1 aliphatic rings. The number of rotatable bonds is 7. The number of esters is 1. The van der Waals surface area contributed by atoms with Crippen molar-refractivity contribution in [2.75, 3.05) is 26.8 Å². The average Bonchev–Trinajstić information content (AvgIpc) is 2.60. The van der Waals surface area contributed by atoms with Crippen LogP contribution in [-0.4, -0.2) is 54.9 Å². The first-order valence-electron chi connectivity index (χ1n) is 8.37. The quantitative estimate of drug-likeness (QED) is 0.782. The number of carbonyl (C=O) groups excluding carboxylic acids is 1. The summed E-state index contributed by atoms with van der Waals surface area (Å²) in [6, 6.07) is 7.39. The Morgan fingerprint density at radius 2 is 2.26 bits per heavy atom. The smallest absolute Gasteiger partial charge is 0.337 e. The second-order valence-electron chi connectivity index (χ2n) is 6.04. The van der Waals surface area contributed by atoms with Gasteiger partial charge in [0.2, 0.25) is 0 Å². The molecule has 1 aliphatic heterocycles. The Bertz CT molecular complexity index is 506. The molecule has 0 amide bonds. The van der Waals surface area contributed by atoms with Crippen molar-refractivity contribution in [2.24, 2.45) is 0 Å². The van der Waals surface area contributed by atoms with Crippen molar-refractivity contribution in [3.8, 4) is 5.75 Å². The molecule has 1 heterocycles. The predicted octanol–water partition coefficient (Wildman–Crippen LogP) is 2.48. The zero-order valence-electron chi connectivity index (χ0n) is 14.0. The summed E-state index contributed by atoms with van der Waals surface area (Å²) >= 11 is 0. The third kappa shape index (κ3) is 5.22. The van der Waals surface area contributed by atoms with E-state index in [0.717, 1.165) is 13.0 Å². The summed E-state index contributed by atoms with van der Waals surface area (Å²) in [4.78, 5) is 13.9. The second kappa shape index (κ2) is 8.89. The second-order valence-corrected chi connectivity index (χ2v) is 6.04. The molecule has 0 aliphatic carbocycles. The van der Waals surface area contributed by atoms with Crippen molar-refractivity contribution >= 4 is 5.97 Å². The van der Waals surface area contributed by atoms with Gasteiger partial charge in [0.1, 0.15) is 18.5 Å². The van der Waals surface area contributed by atoms with Gasteiger partial charge < -0.3 is 14.6 Å². The Morgan fingerprint density at radius 3 is 3.00 bits per heavy atom. The van der Waals surface area contributed by atoms with Gasteiger partial charge in [-0.2, -0.15) is 0 Å². The first kappa shape index (κ1) is 17.8. The van der Waals surface area contributed by atoms with Gasteiger partial charge in [-0.25, -0.2) is 4.79 Å². The third-order valence-electron chi connectivity index (χ3n) is 4.36. The molecule has 23 heavy (non-hydrogen) atoms. The maximum Gasteiger partial charge on any atom is 0.337 e. The fraction of sp³-hybridized carbons (Fsp3) is 0.611. The van der Waals surface area contributed by atoms with Gasteiger partial charge in [0.25, 0.3) is 0 Å². The van der Waals surface area contributed by atoms with E-state index in [9.17, 15) is 9.90 Å². The average molecular weight is 321 g/mol. The number of aliphatic hydroxyl groups is 1. The van der Waals surface area contributed by atoms with Crippen molar-refractivity contribution in [3.05, 3.63) is 29.8 Å². The number of nitrogens with zero attached hydrogens (tertiary/aromatic N) is 1. The van der Waals surface area contributed by atoms with Crippen molar-refractivity contribution < 1.29 is 19.4 Å². The zero-order chi connectivity index (χ0) is 16.7. The van der Waals surface area contributed by atoms with Crippen LogP contribution in [0.1, 0.15) is 43.0 Å². The van der Waals surface area contributed by atoms with E-state index in [1.807, 2.05) is 0 Å². The van der Waals surface area contributed by atoms with Gasteiger partial charge >= 0.3 is 5.97 Å². The van der Waals surface area contributed by atoms with Crippen molar-refractivity contribution in [1.29, 1.82) is 0 Å². The Kier molecular flexibility index (Phi) is 6.86. The summed E-state index contributed by atoms with van der Waals surface area (Å²) in [6.45, 7) is 4.10. The normalized spacial score (nSPS) is 20.0. The Hall–Kier alpha value is -1.59. The van der Waals surface area contributed by atoms with Crippen LogP contribution in [0.3, 0.4) is 0 Å². The molecule has 2 atom stereocenters. The highest BCUT2D eigenvalue weighted by Gasteiger charge is 2.23. The molecule has 5 nitrogen and oxygen atoms in total. The topological polar surface area (TPSA) is 59.0 Å². The molecule has 1 aromatic rings. The summed E-state index contributed by atoms with van der Waals surface area (Å²) in [6.07, 6.45) is 4.27. The molecular formula is C18H27NO4. The number of β-amino-alcohol motifs (C(OH)–C–C–N with tert-alkyl or cyclic N) is 1. The molecule has 1 saturated heterocycles. The van der Waals surface area contributed by atoms with Gasteiger partial charge in [0.15, 0.2) is 0 Å². The van der Waals surface area contributed by atoms with Crippen LogP contribution in [0.15, 0.2) is 24.3 Å². The predicted molar refractivity (Wildman–Crippen MR) is 88.8 cm³/mol. The van der Waals surface area contributed by atoms with E-state index >= 15 is 0 Å². The number of piperidine rings is 1. The molecule has 0 radical (unpaired) electrons. The fourth-order valence-electron chi connectivity index (χ4n) is 3.11. The van der Waals surface area contributed by atoms with E-state index < -0.39 is 12.1 Å². The number of ether oxygens (including phenoxy) is 2. The lowest BCUT2D eigenvalue weighted by molar-refractivity contribution is 0.0387. The van der Waals surface area contributed by atoms with Crippen molar-refractivity contribution in [3.63, 3.8) is 0 Å². The number of likely N-dealkylation sites (tertiary alicyclic amines) is 1. The van der Waals surface area contributed by atoms with Crippen LogP contribution in [0, 0.1) is 0 Å². The van der Waals surface area contributed by atoms with E-state index in [1.54, 1.807) is 24.3 Å². The molecule has 0 aromatic heterocycles. The number of hydrogen-bond acceptors (Lipinski definition) is 5. The molecule has 2 rings (SSSR count). The molecule has 1 fully saturated rings. The summed E-state index contributed by atoms with van der Waals surface area (Å²) in [5, 5.41) is 10.2. The largest absolute Gasteiger partial charge is 0.491 e. The molecule has 0 spiro atoms. The SMILES string of the molecule is CCC1CCCCN1CC(O)COc1cccc(C(=O)OC)c1. The lowest BCUT2D eigenvalue weighted by atomic mass is 10.00. The molecular weight excluding hydrogens is 294 g/mol. The van der Waals surface area contributed by atoms with Crippen molar-refractivity contribution in [1.82, 2.24) is 4.90 Å². The van der Waals surface area contributed by atoms with Crippen LogP contribution < -0.4 is 4.74 Å². The van der Waals surface area contributed by atoms with Gasteiger partial charge in [0.05, 0.1) is 12.7 Å². The minimum absolute atomic E-state index is 0.220. The third-order valence-corrected chi connectivity index (χ3v) is 4.36. The highest BCUT2D eigenvalue weighted by Crippen LogP contribution is 2.20. The maximum absolute atomic E-state index is 11.5. The van der Waals surface area contributed by atoms with Gasteiger partial charge in [-0.15, -0.1) is 0 Å². The number of aliphatic hydroxyl groups excluding tert-OH is 1. The molecule has 2 unspecified atom stereocenters. The summed E-state index contributed by atoms with van der Waals surface area (Å²) in [5.41, 5.74) is 0.446. The summed E-state index contributed by atoms with van der Waals surface area (Å²) in [5.74, 6) is 0.174. The fourth-order valence-corrected chi connectivity index (χ4v) is 3.11. The van der Waals surface area contributed by atoms with Gasteiger partial charge in [-0.1, -0.05) is 19.4 Å². The summed E-state index contributed by atoms with van der Waals surface area (Å²) < 4.78 is 10.3. The van der Waals surface area contributed by atoms with E-state index in [0.29, 0.717) is 23.9 Å². The molecule has 0 bridgehead atoms. The minimum atomic E-state index is -0.538. The van der Waals surface area contributed by atoms with Gasteiger partial charge in [0, 0.05) is 12.6 Å². The van der Waals surface area contributed by atoms with Crippen LogP contribution in [0.5, 0.6) is 5.75 Å².